The van der Waals surface area contributed by atoms with Gasteiger partial charge < -0.3 is 9.80 Å². The third kappa shape index (κ3) is 4.82. The number of halogens is 1. The first-order chi connectivity index (χ1) is 12.1. The van der Waals surface area contributed by atoms with E-state index in [2.05, 4.69) is 47.2 Å². The molecule has 1 aromatic carbocycles. The lowest BCUT2D eigenvalue weighted by Crippen LogP contribution is -2.26. The first kappa shape index (κ1) is 17.9. The Morgan fingerprint density at radius 1 is 1.20 bits per heavy atom. The molecule has 0 aliphatic carbocycles. The van der Waals surface area contributed by atoms with Crippen molar-refractivity contribution in [1.29, 1.82) is 0 Å². The molecule has 0 bridgehead atoms. The molecule has 2 aliphatic rings. The molecule has 0 fully saturated rings. The first-order valence-corrected chi connectivity index (χ1v) is 9.37. The van der Waals surface area contributed by atoms with Gasteiger partial charge in [-0.15, -0.1) is 0 Å². The number of benzene rings is 1. The molecule has 0 atom stereocenters. The maximum absolute atomic E-state index is 13.3. The predicted octanol–water partition coefficient (Wildman–Crippen LogP) is 5.06. The minimum atomic E-state index is -0.132. The van der Waals surface area contributed by atoms with Gasteiger partial charge in [0.2, 0.25) is 0 Å². The van der Waals surface area contributed by atoms with E-state index < -0.39 is 0 Å². The highest BCUT2D eigenvalue weighted by Crippen LogP contribution is 2.36. The van der Waals surface area contributed by atoms with Crippen LogP contribution < -0.4 is 0 Å². The summed E-state index contributed by atoms with van der Waals surface area (Å²) in [7, 11) is 2.21. The molecule has 0 spiro atoms. The van der Waals surface area contributed by atoms with Gasteiger partial charge in [-0.25, -0.2) is 4.39 Å². The van der Waals surface area contributed by atoms with Crippen LogP contribution in [0.15, 0.2) is 65.3 Å². The molecular formula is C22H29FN2. The van der Waals surface area contributed by atoms with E-state index in [-0.39, 0.29) is 5.83 Å². The molecule has 0 saturated heterocycles. The van der Waals surface area contributed by atoms with Crippen LogP contribution in [-0.4, -0.2) is 36.5 Å². The second-order valence-corrected chi connectivity index (χ2v) is 7.22. The smallest absolute Gasteiger partial charge is 0.0969 e. The lowest BCUT2D eigenvalue weighted by atomic mass is 10.0. The second-order valence-electron chi connectivity index (χ2n) is 7.22. The Balaban J connectivity index is 1.82. The highest BCUT2D eigenvalue weighted by atomic mass is 19.1. The molecule has 0 N–H and O–H groups in total. The fourth-order valence-electron chi connectivity index (χ4n) is 3.84. The van der Waals surface area contributed by atoms with Gasteiger partial charge in [-0.3, -0.25) is 0 Å². The maximum atomic E-state index is 13.3. The standard InChI is InChI=1S/C22H29FN2/c1-18(23)11-12-21-16-20-17-24(2)14-7-6-10-22(20)25(21)15-13-19-8-4-3-5-9-19/h3-5,8-9,11-12H,6-7,10,13-17H2,1-2H3/b18-11+,21-12+. The summed E-state index contributed by atoms with van der Waals surface area (Å²) < 4.78 is 13.3. The molecule has 2 aliphatic heterocycles. The molecule has 1 aromatic rings. The molecule has 3 rings (SSSR count). The van der Waals surface area contributed by atoms with Crippen molar-refractivity contribution in [3.63, 3.8) is 0 Å². The van der Waals surface area contributed by atoms with Crippen LogP contribution in [0.5, 0.6) is 0 Å². The zero-order valence-electron chi connectivity index (χ0n) is 15.5. The van der Waals surface area contributed by atoms with Crippen LogP contribution in [0.1, 0.15) is 38.2 Å². The molecule has 2 heterocycles. The summed E-state index contributed by atoms with van der Waals surface area (Å²) in [5.74, 6) is -0.132. The second kappa shape index (κ2) is 8.48. The van der Waals surface area contributed by atoms with E-state index in [1.807, 2.05) is 6.08 Å². The van der Waals surface area contributed by atoms with Crippen molar-refractivity contribution in [2.45, 2.75) is 39.0 Å². The molecule has 0 amide bonds. The van der Waals surface area contributed by atoms with Crippen LogP contribution in [-0.2, 0) is 6.42 Å². The summed E-state index contributed by atoms with van der Waals surface area (Å²) in [6, 6.07) is 10.6. The Kier molecular flexibility index (Phi) is 6.09. The largest absolute Gasteiger partial charge is 0.348 e. The lowest BCUT2D eigenvalue weighted by molar-refractivity contribution is 0.335. The van der Waals surface area contributed by atoms with Crippen LogP contribution in [0.25, 0.3) is 0 Å². The van der Waals surface area contributed by atoms with E-state index in [1.54, 1.807) is 6.08 Å². The zero-order chi connectivity index (χ0) is 17.6. The van der Waals surface area contributed by atoms with Crippen molar-refractivity contribution in [3.8, 4) is 0 Å². The predicted molar refractivity (Wildman–Crippen MR) is 103 cm³/mol. The van der Waals surface area contributed by atoms with Crippen molar-refractivity contribution >= 4 is 0 Å². The van der Waals surface area contributed by atoms with Crippen molar-refractivity contribution in [2.24, 2.45) is 0 Å². The van der Waals surface area contributed by atoms with E-state index in [0.717, 1.165) is 32.4 Å². The maximum Gasteiger partial charge on any atom is 0.0969 e. The molecule has 0 aromatic heterocycles. The molecule has 134 valence electrons. The number of likely N-dealkylation sites (N-methyl/N-ethyl adjacent to an activating group) is 1. The van der Waals surface area contributed by atoms with Gasteiger partial charge in [0.1, 0.15) is 0 Å². The summed E-state index contributed by atoms with van der Waals surface area (Å²) >= 11 is 0. The summed E-state index contributed by atoms with van der Waals surface area (Å²) in [5.41, 5.74) is 5.61. The molecule has 25 heavy (non-hydrogen) atoms. The third-order valence-corrected chi connectivity index (χ3v) is 5.11. The molecule has 0 saturated carbocycles. The van der Waals surface area contributed by atoms with Crippen LogP contribution in [0.2, 0.25) is 0 Å². The van der Waals surface area contributed by atoms with Gasteiger partial charge in [-0.05, 0) is 69.5 Å². The summed E-state index contributed by atoms with van der Waals surface area (Å²) in [5, 5.41) is 0. The quantitative estimate of drug-likeness (QED) is 0.756. The highest BCUT2D eigenvalue weighted by molar-refractivity contribution is 5.35. The van der Waals surface area contributed by atoms with E-state index in [4.69, 9.17) is 0 Å². The summed E-state index contributed by atoms with van der Waals surface area (Å²) in [6.07, 6.45) is 9.19. The van der Waals surface area contributed by atoms with Crippen LogP contribution >= 0.6 is 0 Å². The molecule has 3 heteroatoms. The van der Waals surface area contributed by atoms with Crippen LogP contribution in [0.4, 0.5) is 4.39 Å². The average Bonchev–Trinajstić information content (AvgIpc) is 2.90. The monoisotopic (exact) mass is 340 g/mol. The van der Waals surface area contributed by atoms with Gasteiger partial charge in [0, 0.05) is 30.9 Å². The van der Waals surface area contributed by atoms with Gasteiger partial charge in [0.05, 0.1) is 5.83 Å². The van der Waals surface area contributed by atoms with Crippen molar-refractivity contribution < 1.29 is 4.39 Å². The Morgan fingerprint density at radius 3 is 2.76 bits per heavy atom. The normalized spacial score (nSPS) is 21.5. The van der Waals surface area contributed by atoms with Crippen molar-refractivity contribution in [2.75, 3.05) is 26.7 Å². The fraction of sp³-hybridized carbons (Fsp3) is 0.455. The number of allylic oxidation sites excluding steroid dienone is 5. The Morgan fingerprint density at radius 2 is 2.00 bits per heavy atom. The lowest BCUT2D eigenvalue weighted by Gasteiger charge is -2.27. The van der Waals surface area contributed by atoms with E-state index >= 15 is 0 Å². The first-order valence-electron chi connectivity index (χ1n) is 9.37. The number of hydrogen-bond donors (Lipinski definition) is 0. The van der Waals surface area contributed by atoms with Crippen molar-refractivity contribution in [3.05, 3.63) is 70.8 Å². The Hall–Kier alpha value is -1.87. The van der Waals surface area contributed by atoms with Crippen LogP contribution in [0, 0.1) is 0 Å². The number of nitrogens with zero attached hydrogens (tertiary/aromatic N) is 2. The van der Waals surface area contributed by atoms with Gasteiger partial charge in [0.25, 0.3) is 0 Å². The highest BCUT2D eigenvalue weighted by Gasteiger charge is 2.27. The van der Waals surface area contributed by atoms with E-state index in [0.29, 0.717) is 0 Å². The SMILES string of the molecule is C/C(F)=C\C=C1/CC2=C(CCCCN(C)C2)N1CCc1ccccc1. The minimum Gasteiger partial charge on any atom is -0.348 e. The molecule has 2 nitrogen and oxygen atoms in total. The molecule has 0 unspecified atom stereocenters. The van der Waals surface area contributed by atoms with Gasteiger partial charge >= 0.3 is 0 Å². The number of rotatable bonds is 4. The average molecular weight is 340 g/mol. The van der Waals surface area contributed by atoms with Crippen molar-refractivity contribution in [1.82, 2.24) is 9.80 Å². The van der Waals surface area contributed by atoms with Gasteiger partial charge in [-0.2, -0.15) is 0 Å². The van der Waals surface area contributed by atoms with Gasteiger partial charge in [0.15, 0.2) is 0 Å². The van der Waals surface area contributed by atoms with E-state index in [1.165, 1.54) is 48.8 Å². The Labute approximate surface area is 151 Å². The fourth-order valence-corrected chi connectivity index (χ4v) is 3.84. The van der Waals surface area contributed by atoms with Gasteiger partial charge in [-0.1, -0.05) is 30.3 Å². The summed E-state index contributed by atoms with van der Waals surface area (Å²) in [4.78, 5) is 4.88. The van der Waals surface area contributed by atoms with Crippen LogP contribution in [0.3, 0.4) is 0 Å². The number of hydrogen-bond acceptors (Lipinski definition) is 2. The Bertz CT molecular complexity index is 669. The summed E-state index contributed by atoms with van der Waals surface area (Å²) in [6.45, 7) is 4.69. The zero-order valence-corrected chi connectivity index (χ0v) is 15.5. The third-order valence-electron chi connectivity index (χ3n) is 5.11. The molecule has 0 radical (unpaired) electrons. The topological polar surface area (TPSA) is 6.48 Å². The minimum absolute atomic E-state index is 0.132. The van der Waals surface area contributed by atoms with E-state index in [9.17, 15) is 4.39 Å². The molecular weight excluding hydrogens is 311 g/mol.